The second kappa shape index (κ2) is 8.84. The number of aromatic nitrogens is 1. The van der Waals surface area contributed by atoms with E-state index in [1.54, 1.807) is 18.2 Å². The average Bonchev–Trinajstić information content (AvgIpc) is 2.75. The number of aromatic carboxylic acids is 1. The maximum absolute atomic E-state index is 15.0. The van der Waals surface area contributed by atoms with Crippen molar-refractivity contribution in [2.75, 3.05) is 38.1 Å². The first kappa shape index (κ1) is 22.2. The molecule has 3 N–H and O–H groups in total. The lowest BCUT2D eigenvalue weighted by Gasteiger charge is -2.34. The molecule has 0 spiro atoms. The fraction of sp³-hybridized carbons (Fsp3) is 0.238. The van der Waals surface area contributed by atoms with Crippen molar-refractivity contribution >= 4 is 31.2 Å². The van der Waals surface area contributed by atoms with E-state index in [4.69, 9.17) is 14.3 Å². The summed E-state index contributed by atoms with van der Waals surface area (Å²) in [5.74, 6) is -1.80. The lowest BCUT2D eigenvalue weighted by atomic mass is 10.1. The van der Waals surface area contributed by atoms with Crippen LogP contribution < -0.4 is 14.9 Å². The van der Waals surface area contributed by atoms with E-state index in [0.717, 1.165) is 19.2 Å². The lowest BCUT2D eigenvalue weighted by molar-refractivity contribution is 0.0695. The SMILES string of the molecule is CN1CCN(c2cc3c(cc2F)c(=O)c(C(=O)O)cn3-c2ccc(OP(O)O)cc2)CC1. The number of fused-ring (bicyclic) bond motifs is 1. The molecule has 1 aromatic heterocycles. The van der Waals surface area contributed by atoms with E-state index in [9.17, 15) is 14.7 Å². The molecule has 1 aliphatic heterocycles. The van der Waals surface area contributed by atoms with E-state index in [0.29, 0.717) is 30.0 Å². The van der Waals surface area contributed by atoms with Gasteiger partial charge in [-0.25, -0.2) is 9.18 Å². The highest BCUT2D eigenvalue weighted by Gasteiger charge is 2.22. The Bertz CT molecular complexity index is 1220. The third-order valence-corrected chi connectivity index (χ3v) is 5.82. The summed E-state index contributed by atoms with van der Waals surface area (Å²) >= 11 is 0. The number of hydrogen-bond donors (Lipinski definition) is 3. The van der Waals surface area contributed by atoms with Crippen molar-refractivity contribution in [3.05, 3.63) is 64.2 Å². The zero-order valence-corrected chi connectivity index (χ0v) is 18.0. The van der Waals surface area contributed by atoms with Gasteiger partial charge in [0.25, 0.3) is 0 Å². The fourth-order valence-corrected chi connectivity index (χ4v) is 4.06. The smallest absolute Gasteiger partial charge is 0.391 e. The Morgan fingerprint density at radius 1 is 1.09 bits per heavy atom. The molecule has 2 aromatic carbocycles. The molecule has 3 aromatic rings. The number of nitrogens with zero attached hydrogens (tertiary/aromatic N) is 3. The predicted octanol–water partition coefficient (Wildman–Crippen LogP) is 2.17. The maximum atomic E-state index is 15.0. The zero-order valence-electron chi connectivity index (χ0n) is 17.1. The van der Waals surface area contributed by atoms with Crippen LogP contribution in [0.1, 0.15) is 10.4 Å². The van der Waals surface area contributed by atoms with Gasteiger partial charge in [-0.3, -0.25) is 4.79 Å². The van der Waals surface area contributed by atoms with E-state index in [1.165, 1.54) is 22.9 Å². The van der Waals surface area contributed by atoms with E-state index in [1.807, 2.05) is 11.9 Å². The summed E-state index contributed by atoms with van der Waals surface area (Å²) in [6.07, 6.45) is 1.21. The van der Waals surface area contributed by atoms with Crippen molar-refractivity contribution in [2.24, 2.45) is 0 Å². The van der Waals surface area contributed by atoms with Crippen LogP contribution in [0.25, 0.3) is 16.6 Å². The maximum Gasteiger partial charge on any atom is 0.391 e. The molecule has 168 valence electrons. The molecule has 4 rings (SSSR count). The van der Waals surface area contributed by atoms with E-state index in [2.05, 4.69) is 4.90 Å². The number of halogens is 1. The van der Waals surface area contributed by atoms with Crippen molar-refractivity contribution in [1.82, 2.24) is 9.47 Å². The number of carboxylic acid groups (broad SMARTS) is 1. The number of anilines is 1. The van der Waals surface area contributed by atoms with Gasteiger partial charge in [-0.2, -0.15) is 0 Å². The van der Waals surface area contributed by atoms with Gasteiger partial charge in [-0.15, -0.1) is 0 Å². The highest BCUT2D eigenvalue weighted by molar-refractivity contribution is 7.39. The van der Waals surface area contributed by atoms with E-state index >= 15 is 4.39 Å². The van der Waals surface area contributed by atoms with Gasteiger partial charge in [-0.1, -0.05) is 0 Å². The van der Waals surface area contributed by atoms with Crippen LogP contribution in [0.15, 0.2) is 47.4 Å². The second-order valence-electron chi connectivity index (χ2n) is 7.50. The summed E-state index contributed by atoms with van der Waals surface area (Å²) in [5, 5.41) is 9.45. The monoisotopic (exact) mass is 461 g/mol. The topological polar surface area (TPSA) is 115 Å². The Kier molecular flexibility index (Phi) is 6.12. The number of rotatable bonds is 5. The Morgan fingerprint density at radius 3 is 2.34 bits per heavy atom. The minimum Gasteiger partial charge on any atom is -0.477 e. The van der Waals surface area contributed by atoms with Crippen molar-refractivity contribution in [1.29, 1.82) is 0 Å². The van der Waals surface area contributed by atoms with Crippen molar-refractivity contribution in [2.45, 2.75) is 0 Å². The summed E-state index contributed by atoms with van der Waals surface area (Å²) in [7, 11) is -0.593. The molecule has 0 aliphatic carbocycles. The number of carbonyl (C=O) groups is 1. The van der Waals surface area contributed by atoms with Crippen LogP contribution in [0.3, 0.4) is 0 Å². The fourth-order valence-electron chi connectivity index (χ4n) is 3.75. The third kappa shape index (κ3) is 4.31. The molecule has 9 nitrogen and oxygen atoms in total. The number of benzene rings is 2. The first-order valence-electron chi connectivity index (χ1n) is 9.76. The quantitative estimate of drug-likeness (QED) is 0.496. The molecule has 1 aliphatic rings. The summed E-state index contributed by atoms with van der Waals surface area (Å²) in [6, 6.07) is 8.76. The largest absolute Gasteiger partial charge is 0.477 e. The molecule has 0 atom stereocenters. The van der Waals surface area contributed by atoms with Crippen LogP contribution in [0.5, 0.6) is 5.75 Å². The highest BCUT2D eigenvalue weighted by atomic mass is 31.2. The van der Waals surface area contributed by atoms with Crippen LogP contribution >= 0.6 is 8.60 Å². The first-order valence-corrected chi connectivity index (χ1v) is 10.9. The first-order chi connectivity index (χ1) is 15.2. The molecule has 0 amide bonds. The zero-order chi connectivity index (χ0) is 23.0. The van der Waals surface area contributed by atoms with Gasteiger partial charge < -0.3 is 33.8 Å². The summed E-state index contributed by atoms with van der Waals surface area (Å²) in [4.78, 5) is 46.5. The average molecular weight is 461 g/mol. The predicted molar refractivity (Wildman–Crippen MR) is 118 cm³/mol. The van der Waals surface area contributed by atoms with Gasteiger partial charge >= 0.3 is 14.6 Å². The third-order valence-electron chi connectivity index (χ3n) is 5.45. The Morgan fingerprint density at radius 2 is 1.75 bits per heavy atom. The Labute approximate surface area is 183 Å². The molecule has 0 bridgehead atoms. The second-order valence-corrected chi connectivity index (χ2v) is 8.18. The van der Waals surface area contributed by atoms with Crippen LogP contribution in [0.4, 0.5) is 10.1 Å². The molecule has 0 saturated carbocycles. The standard InChI is InChI=1S/C21H21FN3O6P/c1-23-6-8-24(9-7-23)19-11-18-15(10-17(19)22)20(26)16(21(27)28)12-25(18)13-2-4-14(5-3-13)31-32(29)30/h2-5,10-12,29-30H,6-9H2,1H3,(H,27,28). The molecular weight excluding hydrogens is 440 g/mol. The summed E-state index contributed by atoms with van der Waals surface area (Å²) in [6.45, 7) is 2.77. The van der Waals surface area contributed by atoms with Crippen LogP contribution in [0, 0.1) is 5.82 Å². The van der Waals surface area contributed by atoms with Crippen LogP contribution in [0.2, 0.25) is 0 Å². The van der Waals surface area contributed by atoms with Gasteiger partial charge in [0.2, 0.25) is 5.43 Å². The van der Waals surface area contributed by atoms with E-state index in [-0.39, 0.29) is 11.1 Å². The molecule has 32 heavy (non-hydrogen) atoms. The minimum absolute atomic E-state index is 0.0464. The van der Waals surface area contributed by atoms with Crippen LogP contribution in [-0.2, 0) is 0 Å². The van der Waals surface area contributed by atoms with Gasteiger partial charge in [0.1, 0.15) is 17.1 Å². The van der Waals surface area contributed by atoms with Gasteiger partial charge in [0.05, 0.1) is 11.2 Å². The summed E-state index contributed by atoms with van der Waals surface area (Å²) < 4.78 is 21.4. The van der Waals surface area contributed by atoms with Gasteiger partial charge in [-0.05, 0) is 43.4 Å². The molecule has 1 saturated heterocycles. The number of carboxylic acids is 1. The molecular formula is C21H21FN3O6P. The number of piperazine rings is 1. The molecule has 1 fully saturated rings. The van der Waals surface area contributed by atoms with Crippen LogP contribution in [-0.4, -0.2) is 63.6 Å². The molecule has 0 radical (unpaired) electrons. The van der Waals surface area contributed by atoms with Crippen molar-refractivity contribution < 1.29 is 28.6 Å². The number of pyridine rings is 1. The van der Waals surface area contributed by atoms with E-state index < -0.39 is 31.4 Å². The Balaban J connectivity index is 1.89. The number of likely N-dealkylation sites (N-methyl/N-ethyl adjacent to an activating group) is 1. The highest BCUT2D eigenvalue weighted by Crippen LogP contribution is 2.31. The molecule has 2 heterocycles. The molecule has 0 unspecified atom stereocenters. The van der Waals surface area contributed by atoms with Gasteiger partial charge in [0.15, 0.2) is 0 Å². The summed E-state index contributed by atoms with van der Waals surface area (Å²) in [5.41, 5.74) is -0.0675. The van der Waals surface area contributed by atoms with Gasteiger partial charge in [0, 0.05) is 43.4 Å². The van der Waals surface area contributed by atoms with Crippen molar-refractivity contribution in [3.8, 4) is 11.4 Å². The Hall–Kier alpha value is -3.04. The normalized spacial score (nSPS) is 14.8. The van der Waals surface area contributed by atoms with Crippen molar-refractivity contribution in [3.63, 3.8) is 0 Å². The molecule has 11 heteroatoms. The number of hydrogen-bond acceptors (Lipinski definition) is 7. The minimum atomic E-state index is -2.58. The lowest BCUT2D eigenvalue weighted by Crippen LogP contribution is -2.44.